The van der Waals surface area contributed by atoms with Gasteiger partial charge >= 0.3 is 0 Å². The number of benzene rings is 1. The van der Waals surface area contributed by atoms with Crippen LogP contribution in [0.4, 0.5) is 5.69 Å². The van der Waals surface area contributed by atoms with E-state index in [0.717, 1.165) is 27.8 Å². The first kappa shape index (κ1) is 20.2. The zero-order valence-electron chi connectivity index (χ0n) is 13.7. The van der Waals surface area contributed by atoms with Gasteiger partial charge in [-0.15, -0.1) is 11.3 Å². The normalized spacial score (nSPS) is 17.1. The molecule has 0 unspecified atom stereocenters. The van der Waals surface area contributed by atoms with E-state index in [1.54, 1.807) is 11.4 Å². The van der Waals surface area contributed by atoms with Crippen molar-refractivity contribution in [2.24, 2.45) is 0 Å². The quantitative estimate of drug-likeness (QED) is 0.506. The van der Waals surface area contributed by atoms with Crippen LogP contribution in [0.15, 0.2) is 44.8 Å². The summed E-state index contributed by atoms with van der Waals surface area (Å²) < 4.78 is 53.1. The monoisotopic (exact) mass is 451 g/mol. The van der Waals surface area contributed by atoms with Crippen LogP contribution in [0.25, 0.3) is 0 Å². The molecule has 13 heteroatoms. The number of hydrogen-bond acceptors (Lipinski definition) is 7. The van der Waals surface area contributed by atoms with Gasteiger partial charge in [-0.25, -0.2) is 16.8 Å². The molecule has 2 aromatic rings. The van der Waals surface area contributed by atoms with Crippen molar-refractivity contribution >= 4 is 48.7 Å². The summed E-state index contributed by atoms with van der Waals surface area (Å²) in [5.74, 6) is 0. The fourth-order valence-electron chi connectivity index (χ4n) is 2.63. The molecule has 1 aromatic heterocycles. The first-order chi connectivity index (χ1) is 12.6. The maximum absolute atomic E-state index is 12.8. The third-order valence-corrected chi connectivity index (χ3v) is 9.52. The van der Waals surface area contributed by atoms with Crippen LogP contribution >= 0.6 is 22.9 Å². The van der Waals surface area contributed by atoms with Crippen LogP contribution in [-0.4, -0.2) is 56.5 Å². The number of nitro groups is 1. The number of nitrogens with zero attached hydrogens (tertiary/aromatic N) is 3. The van der Waals surface area contributed by atoms with Gasteiger partial charge < -0.3 is 0 Å². The van der Waals surface area contributed by atoms with E-state index in [2.05, 4.69) is 0 Å². The Hall–Kier alpha value is -1.57. The van der Waals surface area contributed by atoms with E-state index in [1.165, 1.54) is 16.4 Å². The summed E-state index contributed by atoms with van der Waals surface area (Å²) >= 11 is 6.82. The highest BCUT2D eigenvalue weighted by Gasteiger charge is 2.34. The van der Waals surface area contributed by atoms with Crippen LogP contribution in [-0.2, 0) is 20.0 Å². The second kappa shape index (κ2) is 7.45. The molecule has 1 fully saturated rings. The van der Waals surface area contributed by atoms with Gasteiger partial charge in [-0.2, -0.15) is 8.61 Å². The van der Waals surface area contributed by atoms with Crippen LogP contribution in [0.2, 0.25) is 5.02 Å². The molecule has 3 rings (SSSR count). The smallest absolute Gasteiger partial charge is 0.258 e. The molecule has 0 atom stereocenters. The van der Waals surface area contributed by atoms with Gasteiger partial charge in [0, 0.05) is 32.2 Å². The Labute approximate surface area is 165 Å². The molecule has 9 nitrogen and oxygen atoms in total. The van der Waals surface area contributed by atoms with Crippen molar-refractivity contribution in [1.82, 2.24) is 8.61 Å². The summed E-state index contributed by atoms with van der Waals surface area (Å²) in [6, 6.07) is 6.39. The van der Waals surface area contributed by atoms with Gasteiger partial charge in [0.1, 0.15) is 9.23 Å². The molecule has 0 amide bonds. The topological polar surface area (TPSA) is 118 Å². The van der Waals surface area contributed by atoms with E-state index in [1.807, 2.05) is 0 Å². The van der Waals surface area contributed by atoms with Crippen molar-refractivity contribution in [1.29, 1.82) is 0 Å². The van der Waals surface area contributed by atoms with Crippen LogP contribution in [0.1, 0.15) is 0 Å². The predicted octanol–water partition coefficient (Wildman–Crippen LogP) is 2.00. The van der Waals surface area contributed by atoms with Crippen LogP contribution < -0.4 is 0 Å². The molecule has 0 N–H and O–H groups in total. The van der Waals surface area contributed by atoms with Gasteiger partial charge in [-0.3, -0.25) is 10.1 Å². The molecule has 27 heavy (non-hydrogen) atoms. The molecule has 0 radical (unpaired) electrons. The highest BCUT2D eigenvalue weighted by Crippen LogP contribution is 2.29. The van der Waals surface area contributed by atoms with Crippen molar-refractivity contribution < 1.29 is 21.8 Å². The van der Waals surface area contributed by atoms with Gasteiger partial charge in [0.25, 0.3) is 15.7 Å². The Balaban J connectivity index is 1.79. The Morgan fingerprint density at radius 2 is 1.59 bits per heavy atom. The highest BCUT2D eigenvalue weighted by molar-refractivity contribution is 7.91. The van der Waals surface area contributed by atoms with Crippen LogP contribution in [0.5, 0.6) is 0 Å². The molecule has 1 aromatic carbocycles. The van der Waals surface area contributed by atoms with Crippen molar-refractivity contribution in [2.45, 2.75) is 9.10 Å². The van der Waals surface area contributed by atoms with Crippen molar-refractivity contribution in [3.8, 4) is 0 Å². The molecule has 1 saturated heterocycles. The van der Waals surface area contributed by atoms with E-state index in [-0.39, 0.29) is 40.3 Å². The van der Waals surface area contributed by atoms with Gasteiger partial charge in [0.2, 0.25) is 10.0 Å². The number of nitro benzene ring substituents is 1. The summed E-state index contributed by atoms with van der Waals surface area (Å²) in [6.45, 7) is -0.114. The minimum absolute atomic E-state index is 0.00482. The number of thiophene rings is 1. The van der Waals surface area contributed by atoms with Crippen molar-refractivity contribution in [2.75, 3.05) is 26.2 Å². The first-order valence-electron chi connectivity index (χ1n) is 7.62. The average Bonchev–Trinajstić information content (AvgIpc) is 3.17. The summed E-state index contributed by atoms with van der Waals surface area (Å²) in [5.41, 5.74) is -0.503. The van der Waals surface area contributed by atoms with E-state index in [9.17, 15) is 26.9 Å². The maximum atomic E-state index is 12.8. The van der Waals surface area contributed by atoms with Gasteiger partial charge in [-0.1, -0.05) is 17.7 Å². The Morgan fingerprint density at radius 3 is 2.11 bits per heavy atom. The molecule has 0 aliphatic carbocycles. The van der Waals surface area contributed by atoms with Gasteiger partial charge in [0.05, 0.1) is 9.82 Å². The Kier molecular flexibility index (Phi) is 5.57. The minimum atomic E-state index is -4.01. The Bertz CT molecular complexity index is 1060. The molecule has 1 aliphatic heterocycles. The molecule has 2 heterocycles. The fraction of sp³-hybridized carbons (Fsp3) is 0.286. The van der Waals surface area contributed by atoms with Crippen molar-refractivity contribution in [3.63, 3.8) is 0 Å². The number of piperazine rings is 1. The molecular formula is C14H14ClN3O6S3. The summed E-state index contributed by atoms with van der Waals surface area (Å²) in [6.07, 6.45) is 0. The minimum Gasteiger partial charge on any atom is -0.258 e. The van der Waals surface area contributed by atoms with E-state index in [0.29, 0.717) is 0 Å². The number of halogens is 1. The summed E-state index contributed by atoms with van der Waals surface area (Å²) in [5, 5.41) is 12.5. The molecule has 0 bridgehead atoms. The van der Waals surface area contributed by atoms with Crippen LogP contribution in [0.3, 0.4) is 0 Å². The molecule has 0 spiro atoms. The standard InChI is InChI=1S/C14H14ClN3O6S3/c15-12-4-3-11(10-13(12)18(19)20)26(21,22)16-5-7-17(8-6-16)27(23,24)14-2-1-9-25-14/h1-4,9-10H,5-8H2. The lowest BCUT2D eigenvalue weighted by atomic mass is 10.3. The third kappa shape index (κ3) is 3.86. The lowest BCUT2D eigenvalue weighted by molar-refractivity contribution is -0.384. The largest absolute Gasteiger partial charge is 0.289 e. The van der Waals surface area contributed by atoms with Gasteiger partial charge in [-0.05, 0) is 23.6 Å². The van der Waals surface area contributed by atoms with E-state index >= 15 is 0 Å². The summed E-state index contributed by atoms with van der Waals surface area (Å²) in [4.78, 5) is 9.97. The first-order valence-corrected chi connectivity index (χ1v) is 11.8. The number of hydrogen-bond donors (Lipinski definition) is 0. The number of sulfonamides is 2. The molecule has 0 saturated carbocycles. The molecule has 146 valence electrons. The Morgan fingerprint density at radius 1 is 1.00 bits per heavy atom. The van der Waals surface area contributed by atoms with Crippen LogP contribution in [0, 0.1) is 10.1 Å². The van der Waals surface area contributed by atoms with E-state index in [4.69, 9.17) is 11.6 Å². The zero-order valence-corrected chi connectivity index (χ0v) is 16.9. The second-order valence-electron chi connectivity index (χ2n) is 5.61. The van der Waals surface area contributed by atoms with Gasteiger partial charge in [0.15, 0.2) is 0 Å². The summed E-state index contributed by atoms with van der Waals surface area (Å²) in [7, 11) is -7.66. The average molecular weight is 452 g/mol. The molecular weight excluding hydrogens is 438 g/mol. The third-order valence-electron chi connectivity index (χ3n) is 4.04. The van der Waals surface area contributed by atoms with Crippen molar-refractivity contribution in [3.05, 3.63) is 50.8 Å². The predicted molar refractivity (Wildman–Crippen MR) is 99.9 cm³/mol. The van der Waals surface area contributed by atoms with E-state index < -0.39 is 30.7 Å². The fourth-order valence-corrected chi connectivity index (χ4v) is 6.83. The maximum Gasteiger partial charge on any atom is 0.289 e. The lowest BCUT2D eigenvalue weighted by Crippen LogP contribution is -2.50. The SMILES string of the molecule is O=[N+]([O-])c1cc(S(=O)(=O)N2CCN(S(=O)(=O)c3cccs3)CC2)ccc1Cl. The number of rotatable bonds is 5. The lowest BCUT2D eigenvalue weighted by Gasteiger charge is -2.32. The zero-order chi connectivity index (χ0) is 19.8. The highest BCUT2D eigenvalue weighted by atomic mass is 35.5. The molecule has 1 aliphatic rings. The second-order valence-corrected chi connectivity index (χ2v) is 11.1.